The minimum atomic E-state index is -0.0595. The van der Waals surface area contributed by atoms with Gasteiger partial charge in [0.15, 0.2) is 10.9 Å². The number of anilines is 2. The first-order valence-corrected chi connectivity index (χ1v) is 9.79. The Morgan fingerprint density at radius 3 is 2.81 bits per heavy atom. The maximum absolute atomic E-state index is 12.5. The van der Waals surface area contributed by atoms with Crippen molar-refractivity contribution in [2.24, 2.45) is 5.92 Å². The summed E-state index contributed by atoms with van der Waals surface area (Å²) < 4.78 is 1.58. The third kappa shape index (κ3) is 3.16. The van der Waals surface area contributed by atoms with Gasteiger partial charge in [-0.15, -0.1) is 11.3 Å². The number of hydrogen-bond donors (Lipinski definition) is 1. The number of hydrogen-bond acceptors (Lipinski definition) is 8. The van der Waals surface area contributed by atoms with Crippen LogP contribution in [-0.2, 0) is 17.6 Å². The second kappa shape index (κ2) is 6.69. The molecule has 27 heavy (non-hydrogen) atoms. The van der Waals surface area contributed by atoms with Gasteiger partial charge >= 0.3 is 0 Å². The number of carbonyl (C=O) groups is 1. The number of fused-ring (bicyclic) bond motifs is 1. The van der Waals surface area contributed by atoms with E-state index in [1.807, 2.05) is 6.07 Å². The zero-order valence-corrected chi connectivity index (χ0v) is 15.4. The average Bonchev–Trinajstić information content (AvgIpc) is 3.30. The molecular formula is C17H18N8OS. The van der Waals surface area contributed by atoms with Crippen molar-refractivity contribution in [3.63, 3.8) is 0 Å². The molecule has 1 saturated heterocycles. The van der Waals surface area contributed by atoms with Gasteiger partial charge in [-0.05, 0) is 25.7 Å². The predicted octanol–water partition coefficient (Wildman–Crippen LogP) is 1.47. The van der Waals surface area contributed by atoms with Crippen molar-refractivity contribution in [3.8, 4) is 5.82 Å². The van der Waals surface area contributed by atoms with E-state index in [0.717, 1.165) is 23.8 Å². The standard InChI is InChI=1S/C17H18N8OS/c26-16(23-17-22-12-3-1-2-4-13(12)27-17)11-6-24(7-11)14-5-15(20-9-19-14)25-10-18-8-21-25/h5,8-11H,1-4,6-7H2,(H,22,23,26). The molecule has 0 saturated carbocycles. The summed E-state index contributed by atoms with van der Waals surface area (Å²) in [6.45, 7) is 1.26. The molecule has 138 valence electrons. The summed E-state index contributed by atoms with van der Waals surface area (Å²) in [6, 6.07) is 1.84. The van der Waals surface area contributed by atoms with Crippen molar-refractivity contribution in [1.29, 1.82) is 0 Å². The lowest BCUT2D eigenvalue weighted by atomic mass is 9.99. The van der Waals surface area contributed by atoms with Gasteiger partial charge in [-0.3, -0.25) is 4.79 Å². The zero-order chi connectivity index (χ0) is 18.2. The van der Waals surface area contributed by atoms with Crippen LogP contribution < -0.4 is 10.2 Å². The number of nitrogens with one attached hydrogen (secondary N) is 1. The summed E-state index contributed by atoms with van der Waals surface area (Å²) in [5.41, 5.74) is 1.17. The number of carbonyl (C=O) groups excluding carboxylic acids is 1. The maximum atomic E-state index is 12.5. The van der Waals surface area contributed by atoms with Crippen molar-refractivity contribution in [2.75, 3.05) is 23.3 Å². The lowest BCUT2D eigenvalue weighted by molar-refractivity contribution is -0.120. The van der Waals surface area contributed by atoms with Gasteiger partial charge in [-0.25, -0.2) is 24.6 Å². The Labute approximate surface area is 159 Å². The summed E-state index contributed by atoms with van der Waals surface area (Å²) in [6.07, 6.45) is 9.07. The van der Waals surface area contributed by atoms with E-state index in [2.05, 4.69) is 35.3 Å². The monoisotopic (exact) mass is 382 g/mol. The predicted molar refractivity (Wildman–Crippen MR) is 100 cm³/mol. The molecule has 1 aliphatic carbocycles. The smallest absolute Gasteiger partial charge is 0.232 e. The largest absolute Gasteiger partial charge is 0.355 e. The molecule has 5 rings (SSSR count). The third-order valence-electron chi connectivity index (χ3n) is 4.94. The Kier molecular flexibility index (Phi) is 4.04. The molecule has 1 N–H and O–H groups in total. The van der Waals surface area contributed by atoms with Gasteiger partial charge in [-0.2, -0.15) is 5.10 Å². The van der Waals surface area contributed by atoms with E-state index >= 15 is 0 Å². The van der Waals surface area contributed by atoms with Crippen LogP contribution in [0.2, 0.25) is 0 Å². The first kappa shape index (κ1) is 16.3. The number of amides is 1. The van der Waals surface area contributed by atoms with Gasteiger partial charge < -0.3 is 10.2 Å². The number of aromatic nitrogens is 6. The first-order chi connectivity index (χ1) is 13.3. The topological polar surface area (TPSA) is 102 Å². The highest BCUT2D eigenvalue weighted by Gasteiger charge is 2.34. The van der Waals surface area contributed by atoms with Crippen LogP contribution in [0.25, 0.3) is 5.82 Å². The number of rotatable bonds is 4. The molecule has 1 amide bonds. The van der Waals surface area contributed by atoms with Gasteiger partial charge in [0, 0.05) is 24.0 Å². The van der Waals surface area contributed by atoms with Gasteiger partial charge in [-0.1, -0.05) is 0 Å². The number of thiazole rings is 1. The van der Waals surface area contributed by atoms with E-state index in [9.17, 15) is 4.79 Å². The first-order valence-electron chi connectivity index (χ1n) is 8.98. The second-order valence-electron chi connectivity index (χ2n) is 6.76. The van der Waals surface area contributed by atoms with Crippen LogP contribution in [0.3, 0.4) is 0 Å². The summed E-state index contributed by atoms with van der Waals surface area (Å²) in [4.78, 5) is 32.9. The number of aryl methyl sites for hydroxylation is 2. The summed E-state index contributed by atoms with van der Waals surface area (Å²) >= 11 is 1.62. The molecular weight excluding hydrogens is 364 g/mol. The van der Waals surface area contributed by atoms with Crippen LogP contribution >= 0.6 is 11.3 Å². The molecule has 2 aliphatic rings. The van der Waals surface area contributed by atoms with Crippen LogP contribution in [0.15, 0.2) is 25.0 Å². The summed E-state index contributed by atoms with van der Waals surface area (Å²) in [7, 11) is 0. The fourth-order valence-corrected chi connectivity index (χ4v) is 4.46. The highest BCUT2D eigenvalue weighted by atomic mass is 32.1. The third-order valence-corrected chi connectivity index (χ3v) is 6.02. The van der Waals surface area contributed by atoms with Crippen molar-refractivity contribution in [1.82, 2.24) is 29.7 Å². The molecule has 0 aromatic carbocycles. The molecule has 3 aromatic rings. The van der Waals surface area contributed by atoms with Gasteiger partial charge in [0.05, 0.1) is 11.6 Å². The molecule has 0 radical (unpaired) electrons. The lowest BCUT2D eigenvalue weighted by Gasteiger charge is -2.38. The van der Waals surface area contributed by atoms with Crippen LogP contribution in [-0.4, -0.2) is 48.7 Å². The van der Waals surface area contributed by atoms with Crippen LogP contribution in [0, 0.1) is 5.92 Å². The Hall–Kier alpha value is -2.88. The highest BCUT2D eigenvalue weighted by molar-refractivity contribution is 7.15. The van der Waals surface area contributed by atoms with Crippen LogP contribution in [0.1, 0.15) is 23.4 Å². The van der Waals surface area contributed by atoms with Crippen molar-refractivity contribution in [3.05, 3.63) is 35.6 Å². The van der Waals surface area contributed by atoms with E-state index < -0.39 is 0 Å². The quantitative estimate of drug-likeness (QED) is 0.729. The van der Waals surface area contributed by atoms with Crippen molar-refractivity contribution < 1.29 is 4.79 Å². The Morgan fingerprint density at radius 1 is 1.15 bits per heavy atom. The minimum absolute atomic E-state index is 0.0305. The molecule has 4 heterocycles. The molecule has 0 bridgehead atoms. The lowest BCUT2D eigenvalue weighted by Crippen LogP contribution is -2.52. The Balaban J connectivity index is 1.21. The Bertz CT molecular complexity index is 940. The maximum Gasteiger partial charge on any atom is 0.232 e. The summed E-state index contributed by atoms with van der Waals surface area (Å²) in [5, 5.41) is 7.81. The molecule has 3 aromatic heterocycles. The Morgan fingerprint density at radius 2 is 2.00 bits per heavy atom. The molecule has 0 spiro atoms. The fourth-order valence-electron chi connectivity index (χ4n) is 3.41. The van der Waals surface area contributed by atoms with Gasteiger partial charge in [0.2, 0.25) is 5.91 Å². The SMILES string of the molecule is O=C(Nc1nc2c(s1)CCCC2)C1CN(c2cc(-n3cncn3)ncn2)C1. The normalized spacial score (nSPS) is 16.7. The molecule has 1 aliphatic heterocycles. The molecule has 10 heteroatoms. The molecule has 0 unspecified atom stereocenters. The van der Waals surface area contributed by atoms with Crippen LogP contribution in [0.4, 0.5) is 10.9 Å². The van der Waals surface area contributed by atoms with E-state index in [1.165, 1.54) is 36.1 Å². The molecule has 1 fully saturated rings. The second-order valence-corrected chi connectivity index (χ2v) is 7.85. The fraction of sp³-hybridized carbons (Fsp3) is 0.412. The van der Waals surface area contributed by atoms with E-state index in [0.29, 0.717) is 18.9 Å². The van der Waals surface area contributed by atoms with Gasteiger partial charge in [0.25, 0.3) is 0 Å². The van der Waals surface area contributed by atoms with Crippen molar-refractivity contribution in [2.45, 2.75) is 25.7 Å². The average molecular weight is 382 g/mol. The highest BCUT2D eigenvalue weighted by Crippen LogP contribution is 2.30. The number of nitrogens with zero attached hydrogens (tertiary/aromatic N) is 7. The summed E-state index contributed by atoms with van der Waals surface area (Å²) in [5.74, 6) is 1.40. The van der Waals surface area contributed by atoms with E-state index in [4.69, 9.17) is 0 Å². The molecule has 0 atom stereocenters. The molecule has 9 nitrogen and oxygen atoms in total. The zero-order valence-electron chi connectivity index (χ0n) is 14.6. The minimum Gasteiger partial charge on any atom is -0.355 e. The van der Waals surface area contributed by atoms with Gasteiger partial charge in [0.1, 0.15) is 24.8 Å². The van der Waals surface area contributed by atoms with E-state index in [1.54, 1.807) is 22.3 Å². The van der Waals surface area contributed by atoms with Crippen molar-refractivity contribution >= 4 is 28.2 Å². The van der Waals surface area contributed by atoms with Crippen LogP contribution in [0.5, 0.6) is 0 Å². The van der Waals surface area contributed by atoms with E-state index in [-0.39, 0.29) is 11.8 Å².